The summed E-state index contributed by atoms with van der Waals surface area (Å²) in [5.41, 5.74) is 2.07. The molecule has 2 aromatic heterocycles. The van der Waals surface area contributed by atoms with Gasteiger partial charge in [-0.3, -0.25) is 9.98 Å². The third kappa shape index (κ3) is 7.68. The maximum Gasteiger partial charge on any atom is 0.218 e. The number of nitrogens with one attached hydrogen (secondary N) is 2. The van der Waals surface area contributed by atoms with Crippen LogP contribution in [0.4, 0.5) is 0 Å². The van der Waals surface area contributed by atoms with E-state index in [-0.39, 0.29) is 24.0 Å². The molecule has 0 bridgehead atoms. The molecular formula is C18H26IN5O. The van der Waals surface area contributed by atoms with Crippen LogP contribution in [-0.2, 0) is 13.0 Å². The Balaban J connectivity index is 0.00000312. The first-order chi connectivity index (χ1) is 11.8. The fourth-order valence-electron chi connectivity index (χ4n) is 2.14. The fourth-order valence-corrected chi connectivity index (χ4v) is 2.14. The molecule has 2 N–H and O–H groups in total. The smallest absolute Gasteiger partial charge is 0.218 e. The van der Waals surface area contributed by atoms with Crippen molar-refractivity contribution in [1.29, 1.82) is 0 Å². The van der Waals surface area contributed by atoms with Gasteiger partial charge in [-0.25, -0.2) is 4.98 Å². The molecule has 25 heavy (non-hydrogen) atoms. The molecule has 0 aliphatic rings. The first-order valence-electron chi connectivity index (χ1n) is 8.24. The van der Waals surface area contributed by atoms with Gasteiger partial charge in [0.2, 0.25) is 5.88 Å². The Morgan fingerprint density at radius 2 is 1.96 bits per heavy atom. The van der Waals surface area contributed by atoms with Crippen LogP contribution in [0.5, 0.6) is 5.88 Å². The van der Waals surface area contributed by atoms with Crippen molar-refractivity contribution in [2.24, 2.45) is 4.99 Å². The predicted octanol–water partition coefficient (Wildman–Crippen LogP) is 2.79. The van der Waals surface area contributed by atoms with Crippen LogP contribution in [0.1, 0.15) is 24.6 Å². The minimum Gasteiger partial charge on any atom is -0.477 e. The van der Waals surface area contributed by atoms with Gasteiger partial charge in [0, 0.05) is 50.2 Å². The molecule has 6 nitrogen and oxygen atoms in total. The van der Waals surface area contributed by atoms with Crippen molar-refractivity contribution >= 4 is 29.9 Å². The minimum atomic E-state index is 0. The summed E-state index contributed by atoms with van der Waals surface area (Å²) < 4.78 is 5.67. The first kappa shape index (κ1) is 21.1. The summed E-state index contributed by atoms with van der Waals surface area (Å²) in [6, 6.07) is 9.85. The molecule has 2 heterocycles. The van der Waals surface area contributed by atoms with E-state index in [1.54, 1.807) is 13.2 Å². The van der Waals surface area contributed by atoms with Crippen molar-refractivity contribution in [3.63, 3.8) is 0 Å². The van der Waals surface area contributed by atoms with Crippen LogP contribution < -0.4 is 15.4 Å². The Morgan fingerprint density at radius 1 is 1.12 bits per heavy atom. The maximum atomic E-state index is 5.67. The number of aromatic nitrogens is 2. The van der Waals surface area contributed by atoms with Crippen LogP contribution in [0.3, 0.4) is 0 Å². The number of aliphatic imine (C=N–C) groups is 1. The molecule has 0 aliphatic heterocycles. The van der Waals surface area contributed by atoms with E-state index >= 15 is 0 Å². The first-order valence-corrected chi connectivity index (χ1v) is 8.24. The van der Waals surface area contributed by atoms with E-state index in [4.69, 9.17) is 4.74 Å². The Kier molecular flexibility index (Phi) is 10.5. The fraction of sp³-hybridized carbons (Fsp3) is 0.389. The molecule has 136 valence electrons. The SMILES string of the molecule is CCCOc1ncccc1CNC(=NC)NCCc1ccccn1.I. The predicted molar refractivity (Wildman–Crippen MR) is 112 cm³/mol. The second kappa shape index (κ2) is 12.5. The average Bonchev–Trinajstić information content (AvgIpc) is 2.64. The lowest BCUT2D eigenvalue weighted by molar-refractivity contribution is 0.301. The Morgan fingerprint density at radius 3 is 2.68 bits per heavy atom. The van der Waals surface area contributed by atoms with Gasteiger partial charge in [-0.2, -0.15) is 0 Å². The van der Waals surface area contributed by atoms with E-state index in [0.717, 1.165) is 36.6 Å². The normalized spacial score (nSPS) is 10.7. The number of halogens is 1. The van der Waals surface area contributed by atoms with Crippen LogP contribution in [0.2, 0.25) is 0 Å². The van der Waals surface area contributed by atoms with Crippen LogP contribution in [0.15, 0.2) is 47.7 Å². The van der Waals surface area contributed by atoms with Gasteiger partial charge in [-0.15, -0.1) is 24.0 Å². The van der Waals surface area contributed by atoms with Crippen molar-refractivity contribution in [1.82, 2.24) is 20.6 Å². The highest BCUT2D eigenvalue weighted by Gasteiger charge is 2.05. The van der Waals surface area contributed by atoms with E-state index in [0.29, 0.717) is 19.0 Å². The van der Waals surface area contributed by atoms with E-state index in [2.05, 4.69) is 32.5 Å². The van der Waals surface area contributed by atoms with E-state index in [1.807, 2.05) is 36.5 Å². The molecule has 0 spiro atoms. The van der Waals surface area contributed by atoms with Crippen LogP contribution in [0, 0.1) is 0 Å². The molecule has 2 rings (SSSR count). The zero-order valence-corrected chi connectivity index (χ0v) is 17.1. The maximum absolute atomic E-state index is 5.67. The minimum absolute atomic E-state index is 0. The zero-order valence-electron chi connectivity index (χ0n) is 14.7. The molecule has 0 aliphatic carbocycles. The number of hydrogen-bond acceptors (Lipinski definition) is 4. The van der Waals surface area contributed by atoms with Crippen molar-refractivity contribution in [3.05, 3.63) is 54.0 Å². The highest BCUT2D eigenvalue weighted by molar-refractivity contribution is 14.0. The monoisotopic (exact) mass is 455 g/mol. The third-order valence-corrected chi connectivity index (χ3v) is 3.36. The lowest BCUT2D eigenvalue weighted by Gasteiger charge is -2.13. The number of ether oxygens (including phenoxy) is 1. The standard InChI is InChI=1S/C18H25N5O.HI/c1-3-13-24-17-15(7-6-11-21-17)14-23-18(19-2)22-12-9-16-8-4-5-10-20-16;/h4-8,10-11H,3,9,12-14H2,1-2H3,(H2,19,22,23);1H. The number of guanidine groups is 1. The van der Waals surface area contributed by atoms with E-state index in [1.165, 1.54) is 0 Å². The Hall–Kier alpha value is -1.90. The van der Waals surface area contributed by atoms with Gasteiger partial charge >= 0.3 is 0 Å². The van der Waals surface area contributed by atoms with Crippen molar-refractivity contribution < 1.29 is 4.74 Å². The van der Waals surface area contributed by atoms with Crippen LogP contribution >= 0.6 is 24.0 Å². The van der Waals surface area contributed by atoms with E-state index < -0.39 is 0 Å². The van der Waals surface area contributed by atoms with E-state index in [9.17, 15) is 0 Å². The highest BCUT2D eigenvalue weighted by atomic mass is 127. The van der Waals surface area contributed by atoms with Crippen molar-refractivity contribution in [2.75, 3.05) is 20.2 Å². The molecule has 0 fully saturated rings. The average molecular weight is 455 g/mol. The van der Waals surface area contributed by atoms with Crippen LogP contribution in [-0.4, -0.2) is 36.1 Å². The molecule has 0 saturated heterocycles. The van der Waals surface area contributed by atoms with Crippen molar-refractivity contribution in [3.8, 4) is 5.88 Å². The summed E-state index contributed by atoms with van der Waals surface area (Å²) >= 11 is 0. The third-order valence-electron chi connectivity index (χ3n) is 3.36. The molecule has 0 aromatic carbocycles. The molecule has 2 aromatic rings. The topological polar surface area (TPSA) is 71.4 Å². The molecule has 0 radical (unpaired) electrons. The quantitative estimate of drug-likeness (QED) is 0.364. The second-order valence-electron chi connectivity index (χ2n) is 5.24. The largest absolute Gasteiger partial charge is 0.477 e. The second-order valence-corrected chi connectivity index (χ2v) is 5.24. The van der Waals surface area contributed by atoms with Gasteiger partial charge in [-0.1, -0.05) is 19.1 Å². The summed E-state index contributed by atoms with van der Waals surface area (Å²) in [6.07, 6.45) is 5.36. The van der Waals surface area contributed by atoms with Crippen molar-refractivity contribution in [2.45, 2.75) is 26.3 Å². The summed E-state index contributed by atoms with van der Waals surface area (Å²) in [5, 5.41) is 6.58. The molecule has 0 saturated carbocycles. The number of nitrogens with zero attached hydrogens (tertiary/aromatic N) is 3. The molecule has 0 atom stereocenters. The Labute approximate surface area is 166 Å². The number of hydrogen-bond donors (Lipinski definition) is 2. The summed E-state index contributed by atoms with van der Waals surface area (Å²) in [6.45, 7) is 4.12. The lowest BCUT2D eigenvalue weighted by atomic mass is 10.2. The van der Waals surface area contributed by atoms with Gasteiger partial charge in [0.1, 0.15) is 0 Å². The number of rotatable bonds is 8. The number of pyridine rings is 2. The molecule has 0 unspecified atom stereocenters. The van der Waals surface area contributed by atoms with Gasteiger partial charge in [0.15, 0.2) is 5.96 Å². The summed E-state index contributed by atoms with van der Waals surface area (Å²) in [7, 11) is 1.76. The zero-order chi connectivity index (χ0) is 17.0. The Bertz CT molecular complexity index is 636. The van der Waals surface area contributed by atoms with Crippen LogP contribution in [0.25, 0.3) is 0 Å². The molecule has 0 amide bonds. The van der Waals surface area contributed by atoms with Gasteiger partial charge < -0.3 is 15.4 Å². The summed E-state index contributed by atoms with van der Waals surface area (Å²) in [5.74, 6) is 1.42. The lowest BCUT2D eigenvalue weighted by Crippen LogP contribution is -2.38. The van der Waals surface area contributed by atoms with Gasteiger partial charge in [-0.05, 0) is 24.6 Å². The van der Waals surface area contributed by atoms with Gasteiger partial charge in [0.05, 0.1) is 6.61 Å². The molecule has 7 heteroatoms. The highest BCUT2D eigenvalue weighted by Crippen LogP contribution is 2.14. The molecular weight excluding hydrogens is 429 g/mol. The summed E-state index contributed by atoms with van der Waals surface area (Å²) in [4.78, 5) is 12.8. The van der Waals surface area contributed by atoms with Gasteiger partial charge in [0.25, 0.3) is 0 Å².